The average molecular weight is 383 g/mol. The lowest BCUT2D eigenvalue weighted by Gasteiger charge is -2.32. The van der Waals surface area contributed by atoms with E-state index < -0.39 is 0 Å². The molecule has 1 saturated heterocycles. The van der Waals surface area contributed by atoms with Crippen LogP contribution in [0.25, 0.3) is 11.0 Å². The van der Waals surface area contributed by atoms with E-state index in [2.05, 4.69) is 34.5 Å². The summed E-state index contributed by atoms with van der Waals surface area (Å²) < 4.78 is 5.78. The quantitative estimate of drug-likeness (QED) is 0.705. The zero-order valence-corrected chi connectivity index (χ0v) is 16.1. The van der Waals surface area contributed by atoms with Crippen LogP contribution >= 0.6 is 11.6 Å². The number of aryl methyl sites for hydroxylation is 1. The number of amides is 1. The molecule has 2 aromatic carbocycles. The van der Waals surface area contributed by atoms with E-state index in [4.69, 9.17) is 16.0 Å². The molecule has 0 aliphatic carbocycles. The molecule has 2 heterocycles. The first-order chi connectivity index (χ1) is 13.1. The lowest BCUT2D eigenvalue weighted by molar-refractivity contribution is 0.0882. The van der Waals surface area contributed by atoms with E-state index >= 15 is 0 Å². The summed E-state index contributed by atoms with van der Waals surface area (Å²) >= 11 is 6.06. The van der Waals surface area contributed by atoms with Crippen molar-refractivity contribution in [2.75, 3.05) is 13.1 Å². The molecular formula is C22H23ClN2O2. The Kier molecular flexibility index (Phi) is 5.19. The van der Waals surface area contributed by atoms with Crippen molar-refractivity contribution in [3.05, 3.63) is 70.4 Å². The molecule has 4 nitrogen and oxygen atoms in total. The number of rotatable bonds is 4. The second kappa shape index (κ2) is 7.75. The van der Waals surface area contributed by atoms with Gasteiger partial charge in [0.25, 0.3) is 5.91 Å². The van der Waals surface area contributed by atoms with Gasteiger partial charge in [0, 0.05) is 41.6 Å². The van der Waals surface area contributed by atoms with Crippen molar-refractivity contribution < 1.29 is 9.21 Å². The molecule has 1 aliphatic heterocycles. The first-order valence-electron chi connectivity index (χ1n) is 9.36. The first-order valence-corrected chi connectivity index (χ1v) is 9.74. The largest absolute Gasteiger partial charge is 0.451 e. The van der Waals surface area contributed by atoms with E-state index in [1.807, 2.05) is 25.1 Å². The summed E-state index contributed by atoms with van der Waals surface area (Å²) in [4.78, 5) is 15.1. The van der Waals surface area contributed by atoms with Crippen LogP contribution in [0.3, 0.4) is 0 Å². The highest BCUT2D eigenvalue weighted by Gasteiger charge is 2.24. The maximum Gasteiger partial charge on any atom is 0.287 e. The number of likely N-dealkylation sites (tertiary alicyclic amines) is 1. The van der Waals surface area contributed by atoms with Crippen LogP contribution in [-0.2, 0) is 6.54 Å². The fraction of sp³-hybridized carbons (Fsp3) is 0.318. The molecule has 1 aliphatic rings. The van der Waals surface area contributed by atoms with E-state index in [0.29, 0.717) is 16.4 Å². The van der Waals surface area contributed by atoms with Gasteiger partial charge in [-0.15, -0.1) is 0 Å². The minimum atomic E-state index is -0.138. The first kappa shape index (κ1) is 18.1. The summed E-state index contributed by atoms with van der Waals surface area (Å²) in [6.45, 7) is 4.83. The number of carbonyl (C=O) groups is 1. The minimum Gasteiger partial charge on any atom is -0.451 e. The molecule has 4 rings (SSSR count). The van der Waals surface area contributed by atoms with Crippen LogP contribution in [0.4, 0.5) is 0 Å². The van der Waals surface area contributed by atoms with Crippen LogP contribution in [0.15, 0.2) is 52.9 Å². The van der Waals surface area contributed by atoms with E-state index in [9.17, 15) is 4.79 Å². The van der Waals surface area contributed by atoms with Crippen molar-refractivity contribution in [3.63, 3.8) is 0 Å². The Morgan fingerprint density at radius 3 is 2.67 bits per heavy atom. The summed E-state index contributed by atoms with van der Waals surface area (Å²) in [6.07, 6.45) is 1.90. The number of furan rings is 1. The van der Waals surface area contributed by atoms with Crippen LogP contribution in [0.5, 0.6) is 0 Å². The maximum absolute atomic E-state index is 12.7. The Bertz CT molecular complexity index is 944. The number of hydrogen-bond donors (Lipinski definition) is 1. The van der Waals surface area contributed by atoms with Gasteiger partial charge in [0.1, 0.15) is 5.58 Å². The molecule has 140 valence electrons. The average Bonchev–Trinajstić information content (AvgIpc) is 3.00. The maximum atomic E-state index is 12.7. The molecule has 5 heteroatoms. The third-order valence-corrected chi connectivity index (χ3v) is 5.51. The van der Waals surface area contributed by atoms with Crippen LogP contribution < -0.4 is 5.32 Å². The fourth-order valence-electron chi connectivity index (χ4n) is 3.74. The van der Waals surface area contributed by atoms with Crippen LogP contribution in [0.2, 0.25) is 5.02 Å². The molecule has 0 bridgehead atoms. The van der Waals surface area contributed by atoms with Gasteiger partial charge < -0.3 is 9.73 Å². The molecule has 3 aromatic rings. The highest BCUT2D eigenvalue weighted by atomic mass is 35.5. The summed E-state index contributed by atoms with van der Waals surface area (Å²) in [7, 11) is 0. The second-order valence-electron chi connectivity index (χ2n) is 7.21. The summed E-state index contributed by atoms with van der Waals surface area (Å²) in [5.74, 6) is 0.250. The van der Waals surface area contributed by atoms with Crippen LogP contribution in [0, 0.1) is 6.92 Å². The van der Waals surface area contributed by atoms with Gasteiger partial charge >= 0.3 is 0 Å². The van der Waals surface area contributed by atoms with E-state index in [1.54, 1.807) is 6.07 Å². The molecule has 0 saturated carbocycles. The highest BCUT2D eigenvalue weighted by molar-refractivity contribution is 6.31. The molecule has 0 unspecified atom stereocenters. The third kappa shape index (κ3) is 4.02. The van der Waals surface area contributed by atoms with Crippen molar-refractivity contribution in [1.82, 2.24) is 10.2 Å². The standard InChI is InChI=1S/C22H23ClN2O2/c1-15-19-13-17(23)7-8-20(19)27-21(15)22(26)24-18-9-11-25(12-10-18)14-16-5-3-2-4-6-16/h2-8,13,18H,9-12,14H2,1H3,(H,24,26). The van der Waals surface area contributed by atoms with E-state index in [-0.39, 0.29) is 11.9 Å². The Morgan fingerprint density at radius 1 is 1.19 bits per heavy atom. The number of piperidine rings is 1. The molecule has 1 aromatic heterocycles. The monoisotopic (exact) mass is 382 g/mol. The zero-order chi connectivity index (χ0) is 18.8. The Labute approximate surface area is 164 Å². The smallest absolute Gasteiger partial charge is 0.287 e. The van der Waals surface area contributed by atoms with Gasteiger partial charge in [-0.3, -0.25) is 9.69 Å². The summed E-state index contributed by atoms with van der Waals surface area (Å²) in [6, 6.07) is 16.1. The highest BCUT2D eigenvalue weighted by Crippen LogP contribution is 2.28. The summed E-state index contributed by atoms with van der Waals surface area (Å²) in [5, 5.41) is 4.68. The molecular weight excluding hydrogens is 360 g/mol. The molecule has 27 heavy (non-hydrogen) atoms. The van der Waals surface area contributed by atoms with E-state index in [1.165, 1.54) is 5.56 Å². The molecule has 0 atom stereocenters. The van der Waals surface area contributed by atoms with Gasteiger partial charge in [-0.2, -0.15) is 0 Å². The number of halogens is 1. The van der Waals surface area contributed by atoms with Crippen molar-refractivity contribution in [1.29, 1.82) is 0 Å². The van der Waals surface area contributed by atoms with Crippen molar-refractivity contribution in [3.8, 4) is 0 Å². The molecule has 0 spiro atoms. The molecule has 1 N–H and O–H groups in total. The Hall–Kier alpha value is -2.30. The lowest BCUT2D eigenvalue weighted by atomic mass is 10.0. The predicted molar refractivity (Wildman–Crippen MR) is 108 cm³/mol. The van der Waals surface area contributed by atoms with E-state index in [0.717, 1.165) is 43.4 Å². The zero-order valence-electron chi connectivity index (χ0n) is 15.4. The Morgan fingerprint density at radius 2 is 1.93 bits per heavy atom. The van der Waals surface area contributed by atoms with Crippen molar-refractivity contribution >= 4 is 28.5 Å². The number of nitrogens with one attached hydrogen (secondary N) is 1. The number of fused-ring (bicyclic) bond motifs is 1. The molecule has 1 fully saturated rings. The van der Waals surface area contributed by atoms with Crippen molar-refractivity contribution in [2.45, 2.75) is 32.4 Å². The number of nitrogens with zero attached hydrogens (tertiary/aromatic N) is 1. The Balaban J connectivity index is 1.36. The van der Waals surface area contributed by atoms with Gasteiger partial charge in [0.2, 0.25) is 0 Å². The summed E-state index contributed by atoms with van der Waals surface area (Å²) in [5.41, 5.74) is 2.86. The third-order valence-electron chi connectivity index (χ3n) is 5.28. The number of carbonyl (C=O) groups excluding carboxylic acids is 1. The SMILES string of the molecule is Cc1c(C(=O)NC2CCN(Cc3ccccc3)CC2)oc2ccc(Cl)cc12. The van der Waals surface area contributed by atoms with Crippen LogP contribution in [-0.4, -0.2) is 29.9 Å². The van der Waals surface area contributed by atoms with Gasteiger partial charge in [-0.05, 0) is 43.5 Å². The number of hydrogen-bond acceptors (Lipinski definition) is 3. The lowest BCUT2D eigenvalue weighted by Crippen LogP contribution is -2.44. The molecule has 0 radical (unpaired) electrons. The minimum absolute atomic E-state index is 0.138. The second-order valence-corrected chi connectivity index (χ2v) is 7.64. The topological polar surface area (TPSA) is 45.5 Å². The van der Waals surface area contributed by atoms with Gasteiger partial charge in [0.05, 0.1) is 0 Å². The predicted octanol–water partition coefficient (Wildman–Crippen LogP) is 4.79. The van der Waals surface area contributed by atoms with Gasteiger partial charge in [0.15, 0.2) is 5.76 Å². The van der Waals surface area contributed by atoms with Gasteiger partial charge in [-0.25, -0.2) is 0 Å². The fourth-order valence-corrected chi connectivity index (χ4v) is 3.91. The van der Waals surface area contributed by atoms with Gasteiger partial charge in [-0.1, -0.05) is 41.9 Å². The van der Waals surface area contributed by atoms with Crippen molar-refractivity contribution in [2.24, 2.45) is 0 Å². The molecule has 1 amide bonds. The van der Waals surface area contributed by atoms with Crippen LogP contribution in [0.1, 0.15) is 34.5 Å². The number of benzene rings is 2. The normalized spacial score (nSPS) is 15.9.